The molecule has 7 heteroatoms. The summed E-state index contributed by atoms with van der Waals surface area (Å²) in [6.45, 7) is 1.38. The van der Waals surface area contributed by atoms with Crippen molar-refractivity contribution in [1.82, 2.24) is 29.4 Å². The average Bonchev–Trinajstić information content (AvgIpc) is 3.14. The van der Waals surface area contributed by atoms with Gasteiger partial charge in [-0.2, -0.15) is 0 Å². The van der Waals surface area contributed by atoms with Crippen LogP contribution in [0.5, 0.6) is 0 Å². The van der Waals surface area contributed by atoms with Gasteiger partial charge < -0.3 is 9.47 Å². The highest BCUT2D eigenvalue weighted by molar-refractivity contribution is 5.94. The zero-order valence-corrected chi connectivity index (χ0v) is 14.6. The zero-order valence-electron chi connectivity index (χ0n) is 14.6. The quantitative estimate of drug-likeness (QED) is 0.726. The van der Waals surface area contributed by atoms with Gasteiger partial charge in [0.25, 0.3) is 5.91 Å². The Balaban J connectivity index is 1.61. The largest absolute Gasteiger partial charge is 0.338 e. The summed E-state index contributed by atoms with van der Waals surface area (Å²) < 4.78 is 1.94. The highest BCUT2D eigenvalue weighted by atomic mass is 16.2. The van der Waals surface area contributed by atoms with Crippen molar-refractivity contribution in [3.05, 3.63) is 60.6 Å². The smallest absolute Gasteiger partial charge is 0.255 e. The maximum absolute atomic E-state index is 12.8. The summed E-state index contributed by atoms with van der Waals surface area (Å²) >= 11 is 0. The van der Waals surface area contributed by atoms with Gasteiger partial charge in [0.1, 0.15) is 5.69 Å². The number of rotatable bonds is 3. The molecule has 3 aromatic heterocycles. The standard InChI is InChI=1S/C19H20N6O/c1-24-11-9-23-18(24)17-16(21-7-8-22-17)15-5-3-10-25(13-15)19(26)14-4-2-6-20-12-14/h2,4,6-9,11-12,15H,3,5,10,13H2,1H3/t15-/m0/s1. The summed E-state index contributed by atoms with van der Waals surface area (Å²) in [7, 11) is 1.94. The second-order valence-electron chi connectivity index (χ2n) is 6.48. The predicted octanol–water partition coefficient (Wildman–Crippen LogP) is 2.29. The van der Waals surface area contributed by atoms with Crippen LogP contribution in [-0.4, -0.2) is 48.4 Å². The maximum atomic E-state index is 12.8. The third kappa shape index (κ3) is 3.08. The van der Waals surface area contributed by atoms with Gasteiger partial charge in [-0.3, -0.25) is 14.8 Å². The molecule has 1 aliphatic rings. The Kier molecular flexibility index (Phi) is 4.43. The van der Waals surface area contributed by atoms with Gasteiger partial charge in [0.05, 0.1) is 11.3 Å². The van der Waals surface area contributed by atoms with Gasteiger partial charge in [-0.1, -0.05) is 0 Å². The molecule has 1 atom stereocenters. The van der Waals surface area contributed by atoms with Crippen LogP contribution in [-0.2, 0) is 7.05 Å². The van der Waals surface area contributed by atoms with Crippen molar-refractivity contribution in [3.8, 4) is 11.5 Å². The summed E-state index contributed by atoms with van der Waals surface area (Å²) in [5, 5.41) is 0. The molecule has 4 heterocycles. The average molecular weight is 348 g/mol. The number of aryl methyl sites for hydroxylation is 1. The molecular formula is C19H20N6O. The number of piperidine rings is 1. The monoisotopic (exact) mass is 348 g/mol. The van der Waals surface area contributed by atoms with E-state index in [1.54, 1.807) is 43.1 Å². The van der Waals surface area contributed by atoms with Crippen molar-refractivity contribution in [2.75, 3.05) is 13.1 Å². The molecule has 0 N–H and O–H groups in total. The minimum absolute atomic E-state index is 0.0187. The van der Waals surface area contributed by atoms with Crippen LogP contribution in [0, 0.1) is 0 Å². The normalized spacial score (nSPS) is 17.3. The van der Waals surface area contributed by atoms with E-state index >= 15 is 0 Å². The van der Waals surface area contributed by atoms with Crippen LogP contribution < -0.4 is 0 Å². The van der Waals surface area contributed by atoms with E-state index in [4.69, 9.17) is 0 Å². The van der Waals surface area contributed by atoms with Gasteiger partial charge in [-0.25, -0.2) is 9.97 Å². The van der Waals surface area contributed by atoms with Crippen LogP contribution in [0.4, 0.5) is 0 Å². The van der Waals surface area contributed by atoms with Gasteiger partial charge in [0.15, 0.2) is 5.82 Å². The SMILES string of the molecule is Cn1ccnc1-c1nccnc1[C@H]1CCCN(C(=O)c2cccnc2)C1. The molecular weight excluding hydrogens is 328 g/mol. The van der Waals surface area contributed by atoms with Crippen molar-refractivity contribution in [2.24, 2.45) is 7.05 Å². The first-order valence-electron chi connectivity index (χ1n) is 8.72. The van der Waals surface area contributed by atoms with E-state index in [2.05, 4.69) is 19.9 Å². The van der Waals surface area contributed by atoms with E-state index in [-0.39, 0.29) is 11.8 Å². The molecule has 1 saturated heterocycles. The second-order valence-corrected chi connectivity index (χ2v) is 6.48. The van der Waals surface area contributed by atoms with E-state index < -0.39 is 0 Å². The summed E-state index contributed by atoms with van der Waals surface area (Å²) in [4.78, 5) is 32.3. The van der Waals surface area contributed by atoms with Crippen molar-refractivity contribution in [3.63, 3.8) is 0 Å². The van der Waals surface area contributed by atoms with Crippen LogP contribution in [0.2, 0.25) is 0 Å². The Morgan fingerprint density at radius 3 is 2.81 bits per heavy atom. The number of hydrogen-bond donors (Lipinski definition) is 0. The summed E-state index contributed by atoms with van der Waals surface area (Å²) in [5.41, 5.74) is 2.32. The number of amides is 1. The minimum Gasteiger partial charge on any atom is -0.338 e. The first-order valence-corrected chi connectivity index (χ1v) is 8.72. The van der Waals surface area contributed by atoms with Crippen molar-refractivity contribution in [1.29, 1.82) is 0 Å². The fourth-order valence-corrected chi connectivity index (χ4v) is 3.47. The maximum Gasteiger partial charge on any atom is 0.255 e. The van der Waals surface area contributed by atoms with Crippen LogP contribution in [0.1, 0.15) is 34.8 Å². The van der Waals surface area contributed by atoms with Crippen LogP contribution in [0.25, 0.3) is 11.5 Å². The number of imidazole rings is 1. The number of nitrogens with zero attached hydrogens (tertiary/aromatic N) is 6. The fraction of sp³-hybridized carbons (Fsp3) is 0.316. The molecule has 1 fully saturated rings. The van der Waals surface area contributed by atoms with Gasteiger partial charge in [-0.05, 0) is 25.0 Å². The topological polar surface area (TPSA) is 76.8 Å². The highest BCUT2D eigenvalue weighted by Gasteiger charge is 2.29. The number of carbonyl (C=O) groups is 1. The Bertz CT molecular complexity index is 907. The van der Waals surface area contributed by atoms with E-state index in [0.29, 0.717) is 12.1 Å². The highest BCUT2D eigenvalue weighted by Crippen LogP contribution is 2.31. The van der Waals surface area contributed by atoms with Gasteiger partial charge >= 0.3 is 0 Å². The lowest BCUT2D eigenvalue weighted by atomic mass is 9.92. The minimum atomic E-state index is 0.0187. The van der Waals surface area contributed by atoms with Gasteiger partial charge in [0.2, 0.25) is 0 Å². The molecule has 0 unspecified atom stereocenters. The van der Waals surface area contributed by atoms with Crippen molar-refractivity contribution >= 4 is 5.91 Å². The molecule has 26 heavy (non-hydrogen) atoms. The molecule has 3 aromatic rings. The lowest BCUT2D eigenvalue weighted by molar-refractivity contribution is 0.0705. The molecule has 0 bridgehead atoms. The molecule has 1 aliphatic heterocycles. The summed E-state index contributed by atoms with van der Waals surface area (Å²) in [6.07, 6.45) is 12.3. The molecule has 132 valence electrons. The molecule has 0 saturated carbocycles. The Labute approximate surface area is 151 Å². The lowest BCUT2D eigenvalue weighted by Crippen LogP contribution is -2.39. The predicted molar refractivity (Wildman–Crippen MR) is 96.3 cm³/mol. The fourth-order valence-electron chi connectivity index (χ4n) is 3.47. The third-order valence-electron chi connectivity index (χ3n) is 4.76. The molecule has 7 nitrogen and oxygen atoms in total. The Hall–Kier alpha value is -3.09. The molecule has 1 amide bonds. The van der Waals surface area contributed by atoms with E-state index in [1.807, 2.05) is 22.7 Å². The first-order chi connectivity index (χ1) is 12.7. The van der Waals surface area contributed by atoms with Gasteiger partial charge in [-0.15, -0.1) is 0 Å². The summed E-state index contributed by atoms with van der Waals surface area (Å²) in [6, 6.07) is 3.59. The van der Waals surface area contributed by atoms with Crippen molar-refractivity contribution < 1.29 is 4.79 Å². The van der Waals surface area contributed by atoms with Crippen LogP contribution in [0.15, 0.2) is 49.3 Å². The first kappa shape index (κ1) is 16.4. The number of hydrogen-bond acceptors (Lipinski definition) is 5. The second kappa shape index (κ2) is 7.03. The Morgan fingerprint density at radius 1 is 1.15 bits per heavy atom. The molecule has 4 rings (SSSR count). The van der Waals surface area contributed by atoms with Crippen LogP contribution >= 0.6 is 0 Å². The molecule has 0 spiro atoms. The van der Waals surface area contributed by atoms with Gasteiger partial charge in [0, 0.05) is 63.2 Å². The molecule has 0 aromatic carbocycles. The van der Waals surface area contributed by atoms with Crippen molar-refractivity contribution in [2.45, 2.75) is 18.8 Å². The lowest BCUT2D eigenvalue weighted by Gasteiger charge is -2.33. The number of likely N-dealkylation sites (tertiary alicyclic amines) is 1. The van der Waals surface area contributed by atoms with E-state index in [9.17, 15) is 4.79 Å². The molecule has 0 radical (unpaired) electrons. The zero-order chi connectivity index (χ0) is 17.9. The molecule has 0 aliphatic carbocycles. The van der Waals surface area contributed by atoms with E-state index in [1.165, 1.54) is 0 Å². The number of pyridine rings is 1. The van der Waals surface area contributed by atoms with Crippen LogP contribution in [0.3, 0.4) is 0 Å². The number of carbonyl (C=O) groups excluding carboxylic acids is 1. The number of aromatic nitrogens is 5. The van der Waals surface area contributed by atoms with E-state index in [0.717, 1.165) is 36.6 Å². The third-order valence-corrected chi connectivity index (χ3v) is 4.76. The summed E-state index contributed by atoms with van der Waals surface area (Å²) in [5.74, 6) is 0.957. The Morgan fingerprint density at radius 2 is 2.04 bits per heavy atom.